The summed E-state index contributed by atoms with van der Waals surface area (Å²) in [5.41, 5.74) is 2.67. The van der Waals surface area contributed by atoms with Gasteiger partial charge in [-0.25, -0.2) is 10.2 Å². The number of amides is 1. The van der Waals surface area contributed by atoms with Crippen LogP contribution in [0.15, 0.2) is 59.7 Å². The number of carbonyl (C=O) groups is 2. The van der Waals surface area contributed by atoms with Crippen LogP contribution in [0.4, 0.5) is 5.69 Å². The fourth-order valence-electron chi connectivity index (χ4n) is 2.16. The van der Waals surface area contributed by atoms with Crippen molar-refractivity contribution in [3.8, 4) is 0 Å². The van der Waals surface area contributed by atoms with Gasteiger partial charge in [-0.1, -0.05) is 36.4 Å². The van der Waals surface area contributed by atoms with Gasteiger partial charge >= 0.3 is 5.97 Å². The molecule has 1 amide bonds. The third-order valence-corrected chi connectivity index (χ3v) is 3.39. The van der Waals surface area contributed by atoms with Gasteiger partial charge in [0.1, 0.15) is 0 Å². The first-order valence-corrected chi connectivity index (χ1v) is 7.84. The van der Waals surface area contributed by atoms with Crippen molar-refractivity contribution in [2.75, 3.05) is 6.61 Å². The summed E-state index contributed by atoms with van der Waals surface area (Å²) in [5.74, 6) is -1.26. The van der Waals surface area contributed by atoms with E-state index in [1.165, 1.54) is 18.2 Å². The molecule has 8 heteroatoms. The molecule has 0 aliphatic heterocycles. The van der Waals surface area contributed by atoms with Crippen molar-refractivity contribution < 1.29 is 19.2 Å². The molecular formula is C18H17N3O5. The maximum atomic E-state index is 12.1. The number of carbonyl (C=O) groups excluding carboxylic acids is 2. The Balaban J connectivity index is 2.25. The molecule has 2 aromatic rings. The molecule has 0 aliphatic rings. The topological polar surface area (TPSA) is 111 Å². The lowest BCUT2D eigenvalue weighted by Crippen LogP contribution is -2.26. The summed E-state index contributed by atoms with van der Waals surface area (Å²) >= 11 is 0. The van der Waals surface area contributed by atoms with Gasteiger partial charge in [-0.3, -0.25) is 14.9 Å². The summed E-state index contributed by atoms with van der Waals surface area (Å²) in [6.07, 6.45) is -0.148. The second-order valence-electron chi connectivity index (χ2n) is 5.15. The van der Waals surface area contributed by atoms with Gasteiger partial charge in [0.25, 0.3) is 11.6 Å². The van der Waals surface area contributed by atoms with E-state index in [9.17, 15) is 19.7 Å². The Morgan fingerprint density at radius 2 is 1.77 bits per heavy atom. The van der Waals surface area contributed by atoms with Crippen molar-refractivity contribution in [2.24, 2.45) is 5.10 Å². The summed E-state index contributed by atoms with van der Waals surface area (Å²) in [6.45, 7) is 1.74. The van der Waals surface area contributed by atoms with Crippen LogP contribution in [0.1, 0.15) is 22.8 Å². The lowest BCUT2D eigenvalue weighted by Gasteiger charge is -2.07. The van der Waals surface area contributed by atoms with Gasteiger partial charge in [0.15, 0.2) is 5.71 Å². The van der Waals surface area contributed by atoms with Gasteiger partial charge in [-0.05, 0) is 19.1 Å². The molecule has 1 N–H and O–H groups in total. The fourth-order valence-corrected chi connectivity index (χ4v) is 2.16. The predicted molar refractivity (Wildman–Crippen MR) is 94.8 cm³/mol. The molecule has 0 aromatic heterocycles. The van der Waals surface area contributed by atoms with E-state index in [0.29, 0.717) is 11.1 Å². The number of nitrogens with zero attached hydrogens (tertiary/aromatic N) is 2. The number of hydrogen-bond donors (Lipinski definition) is 1. The highest BCUT2D eigenvalue weighted by molar-refractivity contribution is 6.37. The number of esters is 1. The average Bonchev–Trinajstić information content (AvgIpc) is 2.65. The second-order valence-corrected chi connectivity index (χ2v) is 5.15. The summed E-state index contributed by atoms with van der Waals surface area (Å²) in [4.78, 5) is 34.8. The van der Waals surface area contributed by atoms with Gasteiger partial charge < -0.3 is 4.74 Å². The first-order valence-electron chi connectivity index (χ1n) is 7.84. The smallest absolute Gasteiger partial charge is 0.354 e. The van der Waals surface area contributed by atoms with Gasteiger partial charge in [0.2, 0.25) is 0 Å². The lowest BCUT2D eigenvalue weighted by atomic mass is 10.1. The van der Waals surface area contributed by atoms with E-state index < -0.39 is 16.8 Å². The molecule has 0 bridgehead atoms. The van der Waals surface area contributed by atoms with Crippen molar-refractivity contribution >= 4 is 23.3 Å². The van der Waals surface area contributed by atoms with E-state index in [2.05, 4.69) is 10.5 Å². The van der Waals surface area contributed by atoms with Crippen LogP contribution in [0.25, 0.3) is 0 Å². The number of hydrazone groups is 1. The molecular weight excluding hydrogens is 338 g/mol. The van der Waals surface area contributed by atoms with Crippen LogP contribution in [0.2, 0.25) is 0 Å². The van der Waals surface area contributed by atoms with Crippen LogP contribution in [-0.4, -0.2) is 29.1 Å². The van der Waals surface area contributed by atoms with Gasteiger partial charge in [0, 0.05) is 23.6 Å². The molecule has 0 unspecified atom stereocenters. The normalized spacial score (nSPS) is 10.9. The molecule has 0 radical (unpaired) electrons. The summed E-state index contributed by atoms with van der Waals surface area (Å²) in [6, 6.07) is 14.3. The molecule has 26 heavy (non-hydrogen) atoms. The van der Waals surface area contributed by atoms with E-state index >= 15 is 0 Å². The molecule has 0 heterocycles. The monoisotopic (exact) mass is 355 g/mol. The number of nitro benzene ring substituents is 1. The van der Waals surface area contributed by atoms with Crippen LogP contribution < -0.4 is 5.43 Å². The van der Waals surface area contributed by atoms with E-state index in [4.69, 9.17) is 4.74 Å². The predicted octanol–water partition coefficient (Wildman–Crippen LogP) is 2.49. The molecule has 0 fully saturated rings. The van der Waals surface area contributed by atoms with E-state index in [1.807, 2.05) is 0 Å². The number of rotatable bonds is 7. The Bertz CT molecular complexity index is 834. The Morgan fingerprint density at radius 1 is 1.12 bits per heavy atom. The molecule has 0 saturated carbocycles. The summed E-state index contributed by atoms with van der Waals surface area (Å²) in [7, 11) is 0. The van der Waals surface area contributed by atoms with Crippen LogP contribution in [0.3, 0.4) is 0 Å². The molecule has 134 valence electrons. The third-order valence-electron chi connectivity index (χ3n) is 3.39. The van der Waals surface area contributed by atoms with Crippen molar-refractivity contribution in [1.29, 1.82) is 0 Å². The molecule has 8 nitrogen and oxygen atoms in total. The fraction of sp³-hybridized carbons (Fsp3) is 0.167. The van der Waals surface area contributed by atoms with Crippen LogP contribution in [0.5, 0.6) is 0 Å². The number of para-hydroxylation sites is 1. The number of nitro groups is 1. The number of nitrogens with one attached hydrogen (secondary N) is 1. The van der Waals surface area contributed by atoms with E-state index in [1.54, 1.807) is 43.3 Å². The maximum absolute atomic E-state index is 12.1. The SMILES string of the molecule is CCOC(=O)/C(Cc1ccccc1[N+](=O)[O-])=N/NC(=O)c1ccccc1. The van der Waals surface area contributed by atoms with Crippen LogP contribution >= 0.6 is 0 Å². The molecule has 0 aliphatic carbocycles. The highest BCUT2D eigenvalue weighted by Crippen LogP contribution is 2.18. The molecule has 2 rings (SSSR count). The first kappa shape index (κ1) is 18.8. The summed E-state index contributed by atoms with van der Waals surface area (Å²) in [5, 5.41) is 15.0. The lowest BCUT2D eigenvalue weighted by molar-refractivity contribution is -0.385. The second kappa shape index (κ2) is 9.07. The van der Waals surface area contributed by atoms with Crippen molar-refractivity contribution in [1.82, 2.24) is 5.43 Å². The van der Waals surface area contributed by atoms with Gasteiger partial charge in [-0.15, -0.1) is 0 Å². The Hall–Kier alpha value is -3.55. The minimum Gasteiger partial charge on any atom is -0.461 e. The van der Waals surface area contributed by atoms with Crippen molar-refractivity contribution in [2.45, 2.75) is 13.3 Å². The van der Waals surface area contributed by atoms with Crippen LogP contribution in [-0.2, 0) is 16.0 Å². The van der Waals surface area contributed by atoms with Gasteiger partial charge in [0.05, 0.1) is 11.5 Å². The minimum atomic E-state index is -0.751. The molecule has 2 aromatic carbocycles. The zero-order valence-corrected chi connectivity index (χ0v) is 14.0. The molecule has 0 atom stereocenters. The minimum absolute atomic E-state index is 0.112. The third kappa shape index (κ3) is 4.97. The molecule has 0 saturated heterocycles. The summed E-state index contributed by atoms with van der Waals surface area (Å²) < 4.78 is 4.92. The maximum Gasteiger partial charge on any atom is 0.354 e. The largest absolute Gasteiger partial charge is 0.461 e. The standard InChI is InChI=1S/C18H17N3O5/c1-2-26-18(23)15(12-14-10-6-7-11-16(14)21(24)25)19-20-17(22)13-8-4-3-5-9-13/h3-11H,2,12H2,1H3,(H,20,22)/b19-15+. The van der Waals surface area contributed by atoms with E-state index in [0.717, 1.165) is 0 Å². The van der Waals surface area contributed by atoms with Crippen molar-refractivity contribution in [3.63, 3.8) is 0 Å². The highest BCUT2D eigenvalue weighted by Gasteiger charge is 2.20. The zero-order chi connectivity index (χ0) is 18.9. The quantitative estimate of drug-likeness (QED) is 0.355. The Morgan fingerprint density at radius 3 is 2.42 bits per heavy atom. The van der Waals surface area contributed by atoms with Crippen LogP contribution in [0, 0.1) is 10.1 Å². The first-order chi connectivity index (χ1) is 12.5. The average molecular weight is 355 g/mol. The highest BCUT2D eigenvalue weighted by atomic mass is 16.6. The number of hydrogen-bond acceptors (Lipinski definition) is 6. The number of benzene rings is 2. The Labute approximate surface area is 149 Å². The Kier molecular flexibility index (Phi) is 6.55. The molecule has 0 spiro atoms. The van der Waals surface area contributed by atoms with Gasteiger partial charge in [-0.2, -0.15) is 5.10 Å². The van der Waals surface area contributed by atoms with E-state index in [-0.39, 0.29) is 24.4 Å². The van der Waals surface area contributed by atoms with Crippen molar-refractivity contribution in [3.05, 3.63) is 75.8 Å². The zero-order valence-electron chi connectivity index (χ0n) is 14.0. The number of ether oxygens (including phenoxy) is 1.